The zero-order valence-electron chi connectivity index (χ0n) is 11.6. The van der Waals surface area contributed by atoms with Crippen LogP contribution in [-0.2, 0) is 0 Å². The summed E-state index contributed by atoms with van der Waals surface area (Å²) >= 11 is 0. The Morgan fingerprint density at radius 2 is 2.37 bits per heavy atom. The number of amides is 2. The van der Waals surface area contributed by atoms with E-state index in [-0.39, 0.29) is 6.03 Å². The van der Waals surface area contributed by atoms with E-state index in [9.17, 15) is 4.79 Å². The average Bonchev–Trinajstić information content (AvgIpc) is 2.84. The van der Waals surface area contributed by atoms with Crippen LogP contribution in [0.5, 0.6) is 0 Å². The Morgan fingerprint density at radius 3 is 3.05 bits per heavy atom. The van der Waals surface area contributed by atoms with Gasteiger partial charge < -0.3 is 10.2 Å². The molecule has 1 aliphatic rings. The van der Waals surface area contributed by atoms with Gasteiger partial charge in [-0.2, -0.15) is 0 Å². The summed E-state index contributed by atoms with van der Waals surface area (Å²) in [7, 11) is 0. The molecule has 0 unspecified atom stereocenters. The largest absolute Gasteiger partial charge is 0.338 e. The number of nitrogens with zero attached hydrogens (tertiary/aromatic N) is 2. The Kier molecular flexibility index (Phi) is 4.74. The van der Waals surface area contributed by atoms with Gasteiger partial charge in [0.15, 0.2) is 0 Å². The van der Waals surface area contributed by atoms with Gasteiger partial charge in [-0.1, -0.05) is 13.0 Å². The molecule has 1 fully saturated rings. The van der Waals surface area contributed by atoms with Gasteiger partial charge in [-0.15, -0.1) is 0 Å². The summed E-state index contributed by atoms with van der Waals surface area (Å²) < 4.78 is 0. The van der Waals surface area contributed by atoms with Crippen molar-refractivity contribution in [3.8, 4) is 0 Å². The highest BCUT2D eigenvalue weighted by Gasteiger charge is 2.21. The maximum atomic E-state index is 11.8. The molecule has 2 heterocycles. The number of likely N-dealkylation sites (tertiary alicyclic amines) is 1. The minimum atomic E-state index is -0.173. The van der Waals surface area contributed by atoms with Crippen LogP contribution in [0.1, 0.15) is 19.0 Å². The normalized spacial score (nSPS) is 19.4. The van der Waals surface area contributed by atoms with Crippen molar-refractivity contribution in [2.75, 3.05) is 31.5 Å². The van der Waals surface area contributed by atoms with Gasteiger partial charge in [0.05, 0.1) is 0 Å². The zero-order chi connectivity index (χ0) is 13.7. The van der Waals surface area contributed by atoms with Crippen LogP contribution in [0.3, 0.4) is 0 Å². The van der Waals surface area contributed by atoms with E-state index in [2.05, 4.69) is 27.4 Å². The first kappa shape index (κ1) is 13.8. The van der Waals surface area contributed by atoms with E-state index in [0.717, 1.165) is 38.3 Å². The van der Waals surface area contributed by atoms with Crippen LogP contribution in [0, 0.1) is 12.8 Å². The SMILES string of the molecule is CCN1CC[C@@H](CNC(=O)Nc2cccc(C)n2)C1. The van der Waals surface area contributed by atoms with Gasteiger partial charge in [-0.05, 0) is 44.5 Å². The number of aromatic nitrogens is 1. The van der Waals surface area contributed by atoms with Crippen molar-refractivity contribution in [1.29, 1.82) is 0 Å². The number of nitrogens with one attached hydrogen (secondary N) is 2. The molecule has 0 aromatic carbocycles. The van der Waals surface area contributed by atoms with E-state index >= 15 is 0 Å². The van der Waals surface area contributed by atoms with Crippen LogP contribution in [-0.4, -0.2) is 42.1 Å². The molecular weight excluding hydrogens is 240 g/mol. The van der Waals surface area contributed by atoms with Crippen LogP contribution in [0.2, 0.25) is 0 Å². The molecule has 0 radical (unpaired) electrons. The minimum Gasteiger partial charge on any atom is -0.338 e. The molecular formula is C14H22N4O. The van der Waals surface area contributed by atoms with Crippen molar-refractivity contribution in [2.45, 2.75) is 20.3 Å². The fourth-order valence-corrected chi connectivity index (χ4v) is 2.38. The Labute approximate surface area is 114 Å². The van der Waals surface area contributed by atoms with Crippen LogP contribution in [0.4, 0.5) is 10.6 Å². The van der Waals surface area contributed by atoms with Gasteiger partial charge in [0.2, 0.25) is 0 Å². The first-order valence-electron chi connectivity index (χ1n) is 6.88. The number of pyridine rings is 1. The lowest BCUT2D eigenvalue weighted by Crippen LogP contribution is -2.34. The number of urea groups is 1. The fraction of sp³-hybridized carbons (Fsp3) is 0.571. The van der Waals surface area contributed by atoms with E-state index in [1.807, 2.05) is 19.1 Å². The lowest BCUT2D eigenvalue weighted by atomic mass is 10.1. The molecule has 1 atom stereocenters. The van der Waals surface area contributed by atoms with Crippen LogP contribution in [0.25, 0.3) is 0 Å². The highest BCUT2D eigenvalue weighted by molar-refractivity contribution is 5.88. The monoisotopic (exact) mass is 262 g/mol. The number of aryl methyl sites for hydroxylation is 1. The predicted molar refractivity (Wildman–Crippen MR) is 76.2 cm³/mol. The van der Waals surface area contributed by atoms with E-state index in [1.54, 1.807) is 6.07 Å². The third-order valence-electron chi connectivity index (χ3n) is 3.50. The Balaban J connectivity index is 1.73. The van der Waals surface area contributed by atoms with E-state index < -0.39 is 0 Å². The maximum absolute atomic E-state index is 11.8. The summed E-state index contributed by atoms with van der Waals surface area (Å²) in [6.45, 7) is 8.13. The molecule has 1 aliphatic heterocycles. The number of hydrogen-bond donors (Lipinski definition) is 2. The van der Waals surface area contributed by atoms with Gasteiger partial charge in [0.1, 0.15) is 5.82 Å². The molecule has 1 aromatic heterocycles. The smallest absolute Gasteiger partial charge is 0.320 e. The second kappa shape index (κ2) is 6.52. The van der Waals surface area contributed by atoms with Crippen LogP contribution >= 0.6 is 0 Å². The van der Waals surface area contributed by atoms with Crippen LogP contribution in [0.15, 0.2) is 18.2 Å². The highest BCUT2D eigenvalue weighted by Crippen LogP contribution is 2.14. The molecule has 0 aliphatic carbocycles. The van der Waals surface area contributed by atoms with E-state index in [0.29, 0.717) is 11.7 Å². The molecule has 5 heteroatoms. The molecule has 1 saturated heterocycles. The van der Waals surface area contributed by atoms with Crippen molar-refractivity contribution < 1.29 is 4.79 Å². The molecule has 2 N–H and O–H groups in total. The number of hydrogen-bond acceptors (Lipinski definition) is 3. The van der Waals surface area contributed by atoms with Crippen molar-refractivity contribution in [2.24, 2.45) is 5.92 Å². The molecule has 5 nitrogen and oxygen atoms in total. The molecule has 1 aromatic rings. The van der Waals surface area contributed by atoms with Crippen LogP contribution < -0.4 is 10.6 Å². The third kappa shape index (κ3) is 4.21. The topological polar surface area (TPSA) is 57.3 Å². The van der Waals surface area contributed by atoms with Gasteiger partial charge in [0, 0.05) is 18.8 Å². The zero-order valence-corrected chi connectivity index (χ0v) is 11.6. The lowest BCUT2D eigenvalue weighted by molar-refractivity contribution is 0.249. The fourth-order valence-electron chi connectivity index (χ4n) is 2.38. The summed E-state index contributed by atoms with van der Waals surface area (Å²) in [5.41, 5.74) is 0.896. The van der Waals surface area contributed by atoms with Crippen molar-refractivity contribution in [3.63, 3.8) is 0 Å². The first-order valence-corrected chi connectivity index (χ1v) is 6.88. The van der Waals surface area contributed by atoms with Gasteiger partial charge >= 0.3 is 6.03 Å². The number of carbonyl (C=O) groups is 1. The molecule has 2 rings (SSSR count). The summed E-state index contributed by atoms with van der Waals surface area (Å²) in [5, 5.41) is 5.68. The molecule has 104 valence electrons. The first-order chi connectivity index (χ1) is 9.17. The Bertz CT molecular complexity index is 435. The van der Waals surface area contributed by atoms with Crippen molar-refractivity contribution in [1.82, 2.24) is 15.2 Å². The number of rotatable bonds is 4. The maximum Gasteiger partial charge on any atom is 0.320 e. The van der Waals surface area contributed by atoms with Gasteiger partial charge in [0.25, 0.3) is 0 Å². The van der Waals surface area contributed by atoms with E-state index in [4.69, 9.17) is 0 Å². The Hall–Kier alpha value is -1.62. The standard InChI is InChI=1S/C14H22N4O/c1-3-18-8-7-12(10-18)9-15-14(19)17-13-6-4-5-11(2)16-13/h4-6,12H,3,7-10H2,1-2H3,(H2,15,16,17,19)/t12-/m0/s1. The predicted octanol–water partition coefficient (Wildman–Crippen LogP) is 1.85. The molecule has 2 amide bonds. The molecule has 19 heavy (non-hydrogen) atoms. The van der Waals surface area contributed by atoms with E-state index in [1.165, 1.54) is 0 Å². The second-order valence-corrected chi connectivity index (χ2v) is 5.05. The summed E-state index contributed by atoms with van der Waals surface area (Å²) in [6.07, 6.45) is 1.16. The van der Waals surface area contributed by atoms with Crippen molar-refractivity contribution in [3.05, 3.63) is 23.9 Å². The number of carbonyl (C=O) groups excluding carboxylic acids is 1. The highest BCUT2D eigenvalue weighted by atomic mass is 16.2. The number of anilines is 1. The summed E-state index contributed by atoms with van der Waals surface area (Å²) in [4.78, 5) is 18.4. The average molecular weight is 262 g/mol. The second-order valence-electron chi connectivity index (χ2n) is 5.05. The summed E-state index contributed by atoms with van der Waals surface area (Å²) in [6, 6.07) is 5.41. The molecule has 0 spiro atoms. The van der Waals surface area contributed by atoms with Gasteiger partial charge in [-0.25, -0.2) is 9.78 Å². The van der Waals surface area contributed by atoms with Gasteiger partial charge in [-0.3, -0.25) is 5.32 Å². The Morgan fingerprint density at radius 1 is 1.53 bits per heavy atom. The quantitative estimate of drug-likeness (QED) is 0.870. The minimum absolute atomic E-state index is 0.173. The van der Waals surface area contributed by atoms with Crippen molar-refractivity contribution >= 4 is 11.8 Å². The molecule has 0 bridgehead atoms. The summed E-state index contributed by atoms with van der Waals surface area (Å²) in [5.74, 6) is 1.16. The third-order valence-corrected chi connectivity index (χ3v) is 3.50. The lowest BCUT2D eigenvalue weighted by Gasteiger charge is -2.14. The molecule has 0 saturated carbocycles.